The van der Waals surface area contributed by atoms with Crippen molar-refractivity contribution in [2.75, 3.05) is 13.1 Å². The van der Waals surface area contributed by atoms with E-state index >= 15 is 0 Å². The van der Waals surface area contributed by atoms with Gasteiger partial charge in [-0.25, -0.2) is 4.39 Å². The highest BCUT2D eigenvalue weighted by Gasteiger charge is 2.28. The number of nitrogens with two attached hydrogens (primary N) is 1. The van der Waals surface area contributed by atoms with Crippen molar-refractivity contribution >= 4 is 0 Å². The van der Waals surface area contributed by atoms with Crippen molar-refractivity contribution in [3.05, 3.63) is 35.6 Å². The molecule has 1 aromatic rings. The van der Waals surface area contributed by atoms with Crippen LogP contribution in [0.2, 0.25) is 0 Å². The Kier molecular flexibility index (Phi) is 4.72. The van der Waals surface area contributed by atoms with Gasteiger partial charge in [-0.2, -0.15) is 0 Å². The van der Waals surface area contributed by atoms with Crippen LogP contribution in [0.3, 0.4) is 0 Å². The van der Waals surface area contributed by atoms with E-state index in [-0.39, 0.29) is 17.9 Å². The van der Waals surface area contributed by atoms with Crippen LogP contribution in [0.25, 0.3) is 0 Å². The molecule has 2 unspecified atom stereocenters. The molecular weight excluding hydrogens is 227 g/mol. The molecule has 2 atom stereocenters. The zero-order valence-corrected chi connectivity index (χ0v) is 11.1. The standard InChI is InChI=1S/C15H23FN2/c1-2-9-18-10-4-3-8-14(17)15(18)12-6-5-7-13(16)11-12/h5-7,11,14-15H,2-4,8-10,17H2,1H3. The molecule has 100 valence electrons. The highest BCUT2D eigenvalue weighted by Crippen LogP contribution is 2.29. The summed E-state index contributed by atoms with van der Waals surface area (Å²) in [5, 5.41) is 0. The topological polar surface area (TPSA) is 29.3 Å². The summed E-state index contributed by atoms with van der Waals surface area (Å²) in [5.41, 5.74) is 7.34. The molecule has 0 aromatic heterocycles. The normalized spacial score (nSPS) is 25.9. The quantitative estimate of drug-likeness (QED) is 0.893. The molecule has 0 amide bonds. The molecule has 3 heteroatoms. The SMILES string of the molecule is CCCN1CCCCC(N)C1c1cccc(F)c1. The highest BCUT2D eigenvalue weighted by molar-refractivity contribution is 5.22. The third kappa shape index (κ3) is 3.09. The molecule has 0 aliphatic carbocycles. The Morgan fingerprint density at radius 2 is 2.22 bits per heavy atom. The predicted molar refractivity (Wildman–Crippen MR) is 72.8 cm³/mol. The van der Waals surface area contributed by atoms with E-state index in [9.17, 15) is 4.39 Å². The first-order valence-corrected chi connectivity index (χ1v) is 6.97. The van der Waals surface area contributed by atoms with Gasteiger partial charge in [0.1, 0.15) is 5.82 Å². The van der Waals surface area contributed by atoms with Gasteiger partial charge in [-0.05, 0) is 50.0 Å². The average Bonchev–Trinajstić information content (AvgIpc) is 2.52. The molecule has 1 fully saturated rings. The van der Waals surface area contributed by atoms with Gasteiger partial charge in [0, 0.05) is 12.1 Å². The number of benzene rings is 1. The third-order valence-corrected chi connectivity index (χ3v) is 3.73. The second kappa shape index (κ2) is 6.30. The third-order valence-electron chi connectivity index (χ3n) is 3.73. The molecule has 2 N–H and O–H groups in total. The van der Waals surface area contributed by atoms with E-state index in [2.05, 4.69) is 11.8 Å². The summed E-state index contributed by atoms with van der Waals surface area (Å²) >= 11 is 0. The van der Waals surface area contributed by atoms with Crippen LogP contribution in [0, 0.1) is 5.82 Å². The average molecular weight is 250 g/mol. The second-order valence-corrected chi connectivity index (χ2v) is 5.20. The molecule has 1 aromatic carbocycles. The zero-order chi connectivity index (χ0) is 13.0. The number of hydrogen-bond donors (Lipinski definition) is 1. The van der Waals surface area contributed by atoms with Gasteiger partial charge in [-0.1, -0.05) is 25.5 Å². The van der Waals surface area contributed by atoms with Crippen molar-refractivity contribution in [1.82, 2.24) is 4.90 Å². The van der Waals surface area contributed by atoms with Crippen LogP contribution < -0.4 is 5.73 Å². The molecule has 1 aliphatic rings. The van der Waals surface area contributed by atoms with Gasteiger partial charge in [-0.15, -0.1) is 0 Å². The minimum absolute atomic E-state index is 0.112. The minimum Gasteiger partial charge on any atom is -0.326 e. The smallest absolute Gasteiger partial charge is 0.123 e. The van der Waals surface area contributed by atoms with E-state index in [4.69, 9.17) is 5.73 Å². The molecule has 2 rings (SSSR count). The minimum atomic E-state index is -0.166. The Bertz CT molecular complexity index is 381. The van der Waals surface area contributed by atoms with Crippen molar-refractivity contribution in [2.45, 2.75) is 44.7 Å². The summed E-state index contributed by atoms with van der Waals surface area (Å²) in [4.78, 5) is 2.42. The van der Waals surface area contributed by atoms with E-state index in [0.717, 1.165) is 31.5 Å². The van der Waals surface area contributed by atoms with E-state index in [1.165, 1.54) is 18.9 Å². The Morgan fingerprint density at radius 3 is 2.94 bits per heavy atom. The maximum atomic E-state index is 13.4. The van der Waals surface area contributed by atoms with Gasteiger partial charge < -0.3 is 5.73 Å². The highest BCUT2D eigenvalue weighted by atomic mass is 19.1. The Hall–Kier alpha value is -0.930. The lowest BCUT2D eigenvalue weighted by Crippen LogP contribution is -2.40. The van der Waals surface area contributed by atoms with Gasteiger partial charge in [0.15, 0.2) is 0 Å². The lowest BCUT2D eigenvalue weighted by molar-refractivity contribution is 0.185. The van der Waals surface area contributed by atoms with Gasteiger partial charge in [0.2, 0.25) is 0 Å². The Morgan fingerprint density at radius 1 is 1.39 bits per heavy atom. The maximum absolute atomic E-state index is 13.4. The van der Waals surface area contributed by atoms with E-state index in [1.54, 1.807) is 12.1 Å². The lowest BCUT2D eigenvalue weighted by atomic mass is 9.96. The fourth-order valence-corrected chi connectivity index (χ4v) is 2.95. The number of hydrogen-bond acceptors (Lipinski definition) is 2. The van der Waals surface area contributed by atoms with Crippen molar-refractivity contribution < 1.29 is 4.39 Å². The van der Waals surface area contributed by atoms with E-state index in [1.807, 2.05) is 6.07 Å². The van der Waals surface area contributed by atoms with E-state index < -0.39 is 0 Å². The molecule has 2 nitrogen and oxygen atoms in total. The first-order chi connectivity index (χ1) is 8.72. The number of halogens is 1. The molecular formula is C15H23FN2. The fourth-order valence-electron chi connectivity index (χ4n) is 2.95. The molecule has 18 heavy (non-hydrogen) atoms. The molecule has 0 radical (unpaired) electrons. The van der Waals surface area contributed by atoms with Crippen LogP contribution in [-0.2, 0) is 0 Å². The van der Waals surface area contributed by atoms with Crippen LogP contribution >= 0.6 is 0 Å². The molecule has 1 saturated heterocycles. The van der Waals surface area contributed by atoms with Gasteiger partial charge in [-0.3, -0.25) is 4.90 Å². The largest absolute Gasteiger partial charge is 0.326 e. The summed E-state index contributed by atoms with van der Waals surface area (Å²) in [7, 11) is 0. The van der Waals surface area contributed by atoms with Gasteiger partial charge >= 0.3 is 0 Å². The van der Waals surface area contributed by atoms with Crippen molar-refractivity contribution in [2.24, 2.45) is 5.73 Å². The first-order valence-electron chi connectivity index (χ1n) is 6.97. The number of nitrogens with zero attached hydrogens (tertiary/aromatic N) is 1. The van der Waals surface area contributed by atoms with Crippen LogP contribution in [-0.4, -0.2) is 24.0 Å². The van der Waals surface area contributed by atoms with Crippen LogP contribution in [0.4, 0.5) is 4.39 Å². The summed E-state index contributed by atoms with van der Waals surface area (Å²) < 4.78 is 13.4. The van der Waals surface area contributed by atoms with Crippen molar-refractivity contribution in [3.63, 3.8) is 0 Å². The van der Waals surface area contributed by atoms with Crippen LogP contribution in [0.15, 0.2) is 24.3 Å². The molecule has 0 bridgehead atoms. The predicted octanol–water partition coefficient (Wildman–Crippen LogP) is 3.09. The molecule has 1 aliphatic heterocycles. The number of likely N-dealkylation sites (tertiary alicyclic amines) is 1. The summed E-state index contributed by atoms with van der Waals surface area (Å²) in [6.45, 7) is 4.29. The van der Waals surface area contributed by atoms with Crippen LogP contribution in [0.1, 0.15) is 44.2 Å². The summed E-state index contributed by atoms with van der Waals surface area (Å²) in [5.74, 6) is -0.166. The lowest BCUT2D eigenvalue weighted by Gasteiger charge is -2.33. The number of rotatable bonds is 3. The molecule has 0 saturated carbocycles. The zero-order valence-electron chi connectivity index (χ0n) is 11.1. The van der Waals surface area contributed by atoms with Gasteiger partial charge in [0.05, 0.1) is 0 Å². The van der Waals surface area contributed by atoms with Gasteiger partial charge in [0.25, 0.3) is 0 Å². The monoisotopic (exact) mass is 250 g/mol. The van der Waals surface area contributed by atoms with Crippen molar-refractivity contribution in [1.29, 1.82) is 0 Å². The van der Waals surface area contributed by atoms with Crippen molar-refractivity contribution in [3.8, 4) is 0 Å². The summed E-state index contributed by atoms with van der Waals surface area (Å²) in [6, 6.07) is 7.20. The fraction of sp³-hybridized carbons (Fsp3) is 0.600. The van der Waals surface area contributed by atoms with E-state index in [0.29, 0.717) is 0 Å². The second-order valence-electron chi connectivity index (χ2n) is 5.20. The molecule has 0 spiro atoms. The Balaban J connectivity index is 2.28. The Labute approximate surface area is 109 Å². The summed E-state index contributed by atoms with van der Waals surface area (Å²) in [6.07, 6.45) is 4.51. The maximum Gasteiger partial charge on any atom is 0.123 e. The van der Waals surface area contributed by atoms with Crippen LogP contribution in [0.5, 0.6) is 0 Å². The first kappa shape index (κ1) is 13.5. The molecule has 1 heterocycles.